The lowest BCUT2D eigenvalue weighted by molar-refractivity contribution is 0.252. The molecule has 8 heteroatoms. The fourth-order valence-electron chi connectivity index (χ4n) is 3.23. The van der Waals surface area contributed by atoms with E-state index in [9.17, 15) is 13.2 Å². The smallest absolute Gasteiger partial charge is 0.319 e. The Labute approximate surface area is 177 Å². The zero-order valence-corrected chi connectivity index (χ0v) is 18.1. The molecule has 3 aromatic rings. The van der Waals surface area contributed by atoms with Crippen LogP contribution >= 0.6 is 0 Å². The second-order valence-corrected chi connectivity index (χ2v) is 8.91. The molecule has 0 aliphatic heterocycles. The SMILES string of the molecule is Cc1cccc(NC(=O)NCCNS(=O)(=O)c2cccc3c(N(C)C)cccc23)c1. The van der Waals surface area contributed by atoms with Crippen LogP contribution in [0, 0.1) is 6.92 Å². The molecule has 158 valence electrons. The van der Waals surface area contributed by atoms with Crippen molar-refractivity contribution >= 4 is 38.2 Å². The highest BCUT2D eigenvalue weighted by Crippen LogP contribution is 2.29. The third-order valence-corrected chi connectivity index (χ3v) is 6.13. The molecule has 0 aliphatic carbocycles. The van der Waals surface area contributed by atoms with Crippen LogP contribution in [-0.4, -0.2) is 41.6 Å². The summed E-state index contributed by atoms with van der Waals surface area (Å²) in [5.41, 5.74) is 2.66. The lowest BCUT2D eigenvalue weighted by atomic mass is 10.1. The quantitative estimate of drug-likeness (QED) is 0.506. The Morgan fingerprint density at radius 3 is 2.37 bits per heavy atom. The number of anilines is 2. The van der Waals surface area contributed by atoms with Gasteiger partial charge in [0.25, 0.3) is 0 Å². The van der Waals surface area contributed by atoms with E-state index in [0.717, 1.165) is 16.6 Å². The zero-order chi connectivity index (χ0) is 21.7. The highest BCUT2D eigenvalue weighted by atomic mass is 32.2. The van der Waals surface area contributed by atoms with E-state index in [2.05, 4.69) is 15.4 Å². The molecule has 3 rings (SSSR count). The van der Waals surface area contributed by atoms with Crippen LogP contribution < -0.4 is 20.3 Å². The summed E-state index contributed by atoms with van der Waals surface area (Å²) in [5.74, 6) is 0. The van der Waals surface area contributed by atoms with Gasteiger partial charge in [0.1, 0.15) is 0 Å². The van der Waals surface area contributed by atoms with Gasteiger partial charge < -0.3 is 15.5 Å². The molecule has 0 unspecified atom stereocenters. The summed E-state index contributed by atoms with van der Waals surface area (Å²) in [7, 11) is 0.105. The molecule has 0 spiro atoms. The first-order chi connectivity index (χ1) is 14.3. The lowest BCUT2D eigenvalue weighted by Gasteiger charge is -2.17. The fourth-order valence-corrected chi connectivity index (χ4v) is 4.48. The summed E-state index contributed by atoms with van der Waals surface area (Å²) in [5, 5.41) is 6.89. The van der Waals surface area contributed by atoms with Gasteiger partial charge in [0.2, 0.25) is 10.0 Å². The van der Waals surface area contributed by atoms with Crippen LogP contribution in [0.15, 0.2) is 65.6 Å². The van der Waals surface area contributed by atoms with Crippen LogP contribution in [0.4, 0.5) is 16.2 Å². The van der Waals surface area contributed by atoms with Gasteiger partial charge in [0.05, 0.1) is 4.90 Å². The van der Waals surface area contributed by atoms with Gasteiger partial charge in [0.15, 0.2) is 0 Å². The Morgan fingerprint density at radius 1 is 0.933 bits per heavy atom. The predicted octanol–water partition coefficient (Wildman–Crippen LogP) is 3.31. The zero-order valence-electron chi connectivity index (χ0n) is 17.3. The van der Waals surface area contributed by atoms with E-state index in [0.29, 0.717) is 11.1 Å². The lowest BCUT2D eigenvalue weighted by Crippen LogP contribution is -2.36. The molecule has 0 aliphatic rings. The standard InChI is InChI=1S/C22H26N4O3S/c1-16-7-4-8-17(15-16)25-22(27)23-13-14-24-30(28,29)21-12-6-9-18-19(21)10-5-11-20(18)26(2)3/h4-12,15,24H,13-14H2,1-3H3,(H2,23,25,27). The average molecular weight is 427 g/mol. The van der Waals surface area contributed by atoms with Crippen LogP contribution in [-0.2, 0) is 10.0 Å². The van der Waals surface area contributed by atoms with Crippen molar-refractivity contribution in [1.82, 2.24) is 10.0 Å². The molecule has 0 atom stereocenters. The van der Waals surface area contributed by atoms with E-state index in [-0.39, 0.29) is 24.0 Å². The Balaban J connectivity index is 1.63. The Hall–Kier alpha value is -3.10. The first-order valence-electron chi connectivity index (χ1n) is 9.58. The molecule has 30 heavy (non-hydrogen) atoms. The summed E-state index contributed by atoms with van der Waals surface area (Å²) in [6.07, 6.45) is 0. The number of nitrogens with one attached hydrogen (secondary N) is 3. The topological polar surface area (TPSA) is 90.5 Å². The van der Waals surface area contributed by atoms with Crippen molar-refractivity contribution < 1.29 is 13.2 Å². The molecule has 3 aromatic carbocycles. The summed E-state index contributed by atoms with van der Waals surface area (Å²) in [4.78, 5) is 14.2. The maximum absolute atomic E-state index is 12.8. The summed E-state index contributed by atoms with van der Waals surface area (Å²) >= 11 is 0. The average Bonchev–Trinajstić information content (AvgIpc) is 2.70. The largest absolute Gasteiger partial charge is 0.377 e. The van der Waals surface area contributed by atoms with E-state index in [1.165, 1.54) is 0 Å². The van der Waals surface area contributed by atoms with Gasteiger partial charge in [-0.25, -0.2) is 17.9 Å². The van der Waals surface area contributed by atoms with E-state index >= 15 is 0 Å². The van der Waals surface area contributed by atoms with Crippen LogP contribution in [0.3, 0.4) is 0 Å². The third-order valence-electron chi connectivity index (χ3n) is 4.61. The number of carbonyl (C=O) groups excluding carboxylic acids is 1. The third kappa shape index (κ3) is 5.08. The highest BCUT2D eigenvalue weighted by molar-refractivity contribution is 7.89. The van der Waals surface area contributed by atoms with Gasteiger partial charge in [-0.3, -0.25) is 0 Å². The Bertz CT molecular complexity index is 1160. The van der Waals surface area contributed by atoms with E-state index in [1.54, 1.807) is 24.3 Å². The number of amides is 2. The number of hydrogen-bond donors (Lipinski definition) is 3. The van der Waals surface area contributed by atoms with Gasteiger partial charge in [-0.05, 0) is 36.8 Å². The minimum absolute atomic E-state index is 0.0767. The van der Waals surface area contributed by atoms with Gasteiger partial charge in [-0.2, -0.15) is 0 Å². The number of aryl methyl sites for hydroxylation is 1. The Kier molecular flexibility index (Phi) is 6.59. The number of nitrogens with zero attached hydrogens (tertiary/aromatic N) is 1. The minimum Gasteiger partial charge on any atom is -0.377 e. The van der Waals surface area contributed by atoms with E-state index in [1.807, 2.05) is 62.3 Å². The first-order valence-corrected chi connectivity index (χ1v) is 11.1. The van der Waals surface area contributed by atoms with Gasteiger partial charge in [-0.1, -0.05) is 36.4 Å². The molecule has 2 amide bonds. The molecule has 0 heterocycles. The second-order valence-electron chi connectivity index (χ2n) is 7.17. The predicted molar refractivity (Wildman–Crippen MR) is 122 cm³/mol. The number of urea groups is 1. The monoisotopic (exact) mass is 426 g/mol. The van der Waals surface area contributed by atoms with Crippen molar-refractivity contribution in [2.45, 2.75) is 11.8 Å². The van der Waals surface area contributed by atoms with Crippen molar-refractivity contribution in [3.63, 3.8) is 0 Å². The molecule has 0 radical (unpaired) electrons. The van der Waals surface area contributed by atoms with Crippen LogP contribution in [0.25, 0.3) is 10.8 Å². The minimum atomic E-state index is -3.73. The molecule has 0 fully saturated rings. The number of rotatable bonds is 7. The number of fused-ring (bicyclic) bond motifs is 1. The van der Waals surface area contributed by atoms with Gasteiger partial charge >= 0.3 is 6.03 Å². The molecule has 0 bridgehead atoms. The summed E-state index contributed by atoms with van der Waals surface area (Å²) < 4.78 is 28.3. The number of hydrogen-bond acceptors (Lipinski definition) is 4. The van der Waals surface area contributed by atoms with Crippen molar-refractivity contribution in [2.24, 2.45) is 0 Å². The van der Waals surface area contributed by atoms with Crippen molar-refractivity contribution in [1.29, 1.82) is 0 Å². The van der Waals surface area contributed by atoms with Crippen molar-refractivity contribution in [3.8, 4) is 0 Å². The number of carbonyl (C=O) groups is 1. The van der Waals surface area contributed by atoms with E-state index < -0.39 is 10.0 Å². The molecule has 7 nitrogen and oxygen atoms in total. The fraction of sp³-hybridized carbons (Fsp3) is 0.227. The summed E-state index contributed by atoms with van der Waals surface area (Å²) in [6.45, 7) is 2.17. The summed E-state index contributed by atoms with van der Waals surface area (Å²) in [6, 6.07) is 17.8. The normalized spacial score (nSPS) is 11.3. The molecule has 0 saturated heterocycles. The molecule has 0 saturated carbocycles. The van der Waals surface area contributed by atoms with E-state index in [4.69, 9.17) is 0 Å². The van der Waals surface area contributed by atoms with Crippen LogP contribution in [0.5, 0.6) is 0 Å². The van der Waals surface area contributed by atoms with Gasteiger partial charge in [-0.15, -0.1) is 0 Å². The van der Waals surface area contributed by atoms with Crippen molar-refractivity contribution in [3.05, 3.63) is 66.2 Å². The maximum Gasteiger partial charge on any atom is 0.319 e. The number of benzene rings is 3. The van der Waals surface area contributed by atoms with Crippen LogP contribution in [0.2, 0.25) is 0 Å². The van der Waals surface area contributed by atoms with Crippen molar-refractivity contribution in [2.75, 3.05) is 37.4 Å². The molecular weight excluding hydrogens is 400 g/mol. The molecule has 3 N–H and O–H groups in total. The highest BCUT2D eigenvalue weighted by Gasteiger charge is 2.18. The van der Waals surface area contributed by atoms with Gasteiger partial charge in [0, 0.05) is 49.3 Å². The first kappa shape index (κ1) is 21.6. The molecular formula is C22H26N4O3S. The molecule has 0 aromatic heterocycles. The van der Waals surface area contributed by atoms with Crippen LogP contribution in [0.1, 0.15) is 5.56 Å². The number of sulfonamides is 1. The second kappa shape index (κ2) is 9.15. The maximum atomic E-state index is 12.8. The Morgan fingerprint density at radius 2 is 1.63 bits per heavy atom.